The van der Waals surface area contributed by atoms with E-state index < -0.39 is 0 Å². The number of nitrogens with one attached hydrogen (secondary N) is 1. The second-order valence-electron chi connectivity index (χ2n) is 4.60. The van der Waals surface area contributed by atoms with E-state index in [-0.39, 0.29) is 0 Å². The Morgan fingerprint density at radius 2 is 1.74 bits per heavy atom. The molecule has 0 aromatic heterocycles. The number of benzene rings is 1. The summed E-state index contributed by atoms with van der Waals surface area (Å²) >= 11 is 0. The molecule has 0 unspecified atom stereocenters. The van der Waals surface area contributed by atoms with E-state index in [9.17, 15) is 0 Å². The first kappa shape index (κ1) is 16.0. The lowest BCUT2D eigenvalue weighted by molar-refractivity contribution is 0.196. The van der Waals surface area contributed by atoms with Gasteiger partial charge < -0.3 is 19.7 Å². The molecule has 1 rings (SSSR count). The summed E-state index contributed by atoms with van der Waals surface area (Å²) in [6.45, 7) is 4.34. The number of hydrogen-bond acceptors (Lipinski definition) is 4. The lowest BCUT2D eigenvalue weighted by atomic mass is 10.2. The molecule has 0 heterocycles. The van der Waals surface area contributed by atoms with E-state index in [0.717, 1.165) is 39.3 Å². The Bertz CT molecular complexity index is 327. The van der Waals surface area contributed by atoms with Crippen molar-refractivity contribution >= 4 is 5.69 Å². The van der Waals surface area contributed by atoms with Gasteiger partial charge in [0.25, 0.3) is 0 Å². The molecule has 0 fully saturated rings. The molecule has 0 aliphatic heterocycles. The zero-order chi connectivity index (χ0) is 13.9. The topological polar surface area (TPSA) is 33.7 Å². The van der Waals surface area contributed by atoms with Crippen LogP contribution < -0.4 is 10.2 Å². The maximum absolute atomic E-state index is 5.07. The molecule has 19 heavy (non-hydrogen) atoms. The summed E-state index contributed by atoms with van der Waals surface area (Å²) < 4.78 is 10.1. The van der Waals surface area contributed by atoms with Gasteiger partial charge in [-0.3, -0.25) is 0 Å². The maximum atomic E-state index is 5.07. The molecule has 0 bridgehead atoms. The number of ether oxygens (including phenoxy) is 2. The van der Waals surface area contributed by atoms with Gasteiger partial charge in [0.1, 0.15) is 0 Å². The number of anilines is 1. The Morgan fingerprint density at radius 1 is 1.05 bits per heavy atom. The summed E-state index contributed by atoms with van der Waals surface area (Å²) in [7, 11) is 5.57. The molecule has 0 amide bonds. The first-order valence-electron chi connectivity index (χ1n) is 6.76. The second-order valence-corrected chi connectivity index (χ2v) is 4.60. The third-order valence-corrected chi connectivity index (χ3v) is 3.03. The van der Waals surface area contributed by atoms with Crippen LogP contribution in [0.5, 0.6) is 0 Å². The zero-order valence-electron chi connectivity index (χ0n) is 12.3. The van der Waals surface area contributed by atoms with Crippen LogP contribution in [-0.4, -0.2) is 47.6 Å². The Balaban J connectivity index is 2.33. The highest BCUT2D eigenvalue weighted by Gasteiger charge is 2.00. The van der Waals surface area contributed by atoms with E-state index in [4.69, 9.17) is 9.47 Å². The summed E-state index contributed by atoms with van der Waals surface area (Å²) in [5.74, 6) is 0. The van der Waals surface area contributed by atoms with Crippen LogP contribution >= 0.6 is 0 Å². The monoisotopic (exact) mass is 266 g/mol. The minimum absolute atomic E-state index is 0.750. The Kier molecular flexibility index (Phi) is 8.21. The highest BCUT2D eigenvalue weighted by molar-refractivity contribution is 5.46. The summed E-state index contributed by atoms with van der Waals surface area (Å²) in [6.07, 6.45) is 1.05. The molecule has 0 atom stereocenters. The van der Waals surface area contributed by atoms with Crippen molar-refractivity contribution in [2.45, 2.75) is 13.0 Å². The van der Waals surface area contributed by atoms with Crippen LogP contribution in [0.3, 0.4) is 0 Å². The molecule has 0 saturated heterocycles. The van der Waals surface area contributed by atoms with E-state index >= 15 is 0 Å². The van der Waals surface area contributed by atoms with E-state index in [2.05, 4.69) is 41.5 Å². The fourth-order valence-corrected chi connectivity index (χ4v) is 1.85. The van der Waals surface area contributed by atoms with Crippen LogP contribution in [0.1, 0.15) is 12.0 Å². The SMILES string of the molecule is COCCCN(C)c1ccc(CNCCOC)cc1. The fourth-order valence-electron chi connectivity index (χ4n) is 1.85. The van der Waals surface area contributed by atoms with Crippen LogP contribution in [0.4, 0.5) is 5.69 Å². The largest absolute Gasteiger partial charge is 0.385 e. The van der Waals surface area contributed by atoms with Crippen LogP contribution in [0.15, 0.2) is 24.3 Å². The van der Waals surface area contributed by atoms with Gasteiger partial charge in [-0.1, -0.05) is 12.1 Å². The van der Waals surface area contributed by atoms with Crippen LogP contribution in [-0.2, 0) is 16.0 Å². The molecule has 0 aliphatic carbocycles. The Morgan fingerprint density at radius 3 is 2.37 bits per heavy atom. The molecule has 1 aromatic carbocycles. The quantitative estimate of drug-likeness (QED) is 0.656. The van der Waals surface area contributed by atoms with Crippen LogP contribution in [0.2, 0.25) is 0 Å². The molecule has 4 heteroatoms. The minimum atomic E-state index is 0.750. The van der Waals surface area contributed by atoms with Gasteiger partial charge in [0.2, 0.25) is 0 Å². The number of methoxy groups -OCH3 is 2. The van der Waals surface area contributed by atoms with E-state index in [1.165, 1.54) is 11.3 Å². The van der Waals surface area contributed by atoms with Gasteiger partial charge in [-0.05, 0) is 24.1 Å². The molecule has 0 radical (unpaired) electrons. The highest BCUT2D eigenvalue weighted by atomic mass is 16.5. The first-order valence-corrected chi connectivity index (χ1v) is 6.76. The van der Waals surface area contributed by atoms with Gasteiger partial charge in [-0.2, -0.15) is 0 Å². The minimum Gasteiger partial charge on any atom is -0.385 e. The van der Waals surface area contributed by atoms with Gasteiger partial charge in [0.05, 0.1) is 6.61 Å². The van der Waals surface area contributed by atoms with Crippen molar-refractivity contribution in [2.75, 3.05) is 52.5 Å². The predicted octanol–water partition coefficient (Wildman–Crippen LogP) is 1.90. The zero-order valence-corrected chi connectivity index (χ0v) is 12.3. The number of rotatable bonds is 10. The van der Waals surface area contributed by atoms with Gasteiger partial charge in [0.15, 0.2) is 0 Å². The summed E-state index contributed by atoms with van der Waals surface area (Å²) in [5, 5.41) is 3.34. The molecule has 108 valence electrons. The molecule has 0 saturated carbocycles. The van der Waals surface area contributed by atoms with Gasteiger partial charge in [-0.15, -0.1) is 0 Å². The lowest BCUT2D eigenvalue weighted by Crippen LogP contribution is -2.20. The first-order chi connectivity index (χ1) is 9.27. The molecule has 4 nitrogen and oxygen atoms in total. The number of hydrogen-bond donors (Lipinski definition) is 1. The average Bonchev–Trinajstić information content (AvgIpc) is 2.44. The van der Waals surface area contributed by atoms with Gasteiger partial charge >= 0.3 is 0 Å². The molecule has 0 aliphatic rings. The van der Waals surface area contributed by atoms with Crippen LogP contribution in [0, 0.1) is 0 Å². The maximum Gasteiger partial charge on any atom is 0.0587 e. The van der Waals surface area contributed by atoms with Gasteiger partial charge in [0, 0.05) is 53.2 Å². The van der Waals surface area contributed by atoms with Crippen molar-refractivity contribution in [3.05, 3.63) is 29.8 Å². The second kappa shape index (κ2) is 9.78. The van der Waals surface area contributed by atoms with E-state index in [1.807, 2.05) is 0 Å². The lowest BCUT2D eigenvalue weighted by Gasteiger charge is -2.19. The number of nitrogens with zero attached hydrogens (tertiary/aromatic N) is 1. The summed E-state index contributed by atoms with van der Waals surface area (Å²) in [6, 6.07) is 8.67. The Hall–Kier alpha value is -1.10. The average molecular weight is 266 g/mol. The van der Waals surface area contributed by atoms with Crippen LogP contribution in [0.25, 0.3) is 0 Å². The normalized spacial score (nSPS) is 10.7. The third kappa shape index (κ3) is 6.57. The van der Waals surface area contributed by atoms with Gasteiger partial charge in [-0.25, -0.2) is 0 Å². The van der Waals surface area contributed by atoms with Crippen molar-refractivity contribution in [2.24, 2.45) is 0 Å². The molecular formula is C15H26N2O2. The predicted molar refractivity (Wildman–Crippen MR) is 79.8 cm³/mol. The van der Waals surface area contributed by atoms with Crippen molar-refractivity contribution in [1.29, 1.82) is 0 Å². The summed E-state index contributed by atoms with van der Waals surface area (Å²) in [5.41, 5.74) is 2.54. The summed E-state index contributed by atoms with van der Waals surface area (Å²) in [4.78, 5) is 2.25. The smallest absolute Gasteiger partial charge is 0.0587 e. The fraction of sp³-hybridized carbons (Fsp3) is 0.600. The highest BCUT2D eigenvalue weighted by Crippen LogP contribution is 2.14. The molecule has 1 N–H and O–H groups in total. The Labute approximate surface area is 116 Å². The van der Waals surface area contributed by atoms with Crippen molar-refractivity contribution in [3.63, 3.8) is 0 Å². The van der Waals surface area contributed by atoms with Crippen molar-refractivity contribution < 1.29 is 9.47 Å². The van der Waals surface area contributed by atoms with E-state index in [0.29, 0.717) is 0 Å². The molecule has 0 spiro atoms. The molecular weight excluding hydrogens is 240 g/mol. The third-order valence-electron chi connectivity index (χ3n) is 3.03. The van der Waals surface area contributed by atoms with Crippen molar-refractivity contribution in [3.8, 4) is 0 Å². The molecule has 1 aromatic rings. The standard InChI is InChI=1S/C15H26N2O2/c1-17(10-4-11-18-2)15-7-5-14(6-8-15)13-16-9-12-19-3/h5-8,16H,4,9-13H2,1-3H3. The van der Waals surface area contributed by atoms with Crippen molar-refractivity contribution in [1.82, 2.24) is 5.32 Å². The van der Waals surface area contributed by atoms with E-state index in [1.54, 1.807) is 14.2 Å².